The first kappa shape index (κ1) is 18.9. The summed E-state index contributed by atoms with van der Waals surface area (Å²) in [5.41, 5.74) is -1.01. The molecule has 1 N–H and O–H groups in total. The second kappa shape index (κ2) is 7.03. The molecule has 11 heteroatoms. The highest BCUT2D eigenvalue weighted by molar-refractivity contribution is 5.48. The van der Waals surface area contributed by atoms with Crippen molar-refractivity contribution in [3.8, 4) is 0 Å². The summed E-state index contributed by atoms with van der Waals surface area (Å²) in [4.78, 5) is 18.8. The van der Waals surface area contributed by atoms with E-state index in [1.165, 1.54) is 4.90 Å². The number of β-amino-alcohol motifs (C(OH)–C–C–N with tert-alkyl or cyclic N) is 1. The Bertz CT molecular complexity index is 724. The van der Waals surface area contributed by atoms with E-state index in [4.69, 9.17) is 4.74 Å². The number of hydrogen-bond donors (Lipinski definition) is 1. The minimum absolute atomic E-state index is 0.271. The van der Waals surface area contributed by atoms with Crippen molar-refractivity contribution in [2.45, 2.75) is 38.1 Å². The summed E-state index contributed by atoms with van der Waals surface area (Å²) in [6.45, 7) is 1.42. The van der Waals surface area contributed by atoms with Crippen LogP contribution in [0.5, 0.6) is 0 Å². The van der Waals surface area contributed by atoms with Crippen molar-refractivity contribution >= 4 is 11.8 Å². The Morgan fingerprint density at radius 3 is 2.69 bits per heavy atom. The average molecular weight is 380 g/mol. The van der Waals surface area contributed by atoms with E-state index in [2.05, 4.69) is 4.98 Å². The molecule has 0 unspecified atom stereocenters. The highest BCUT2D eigenvalue weighted by Gasteiger charge is 2.47. The molecule has 146 valence electrons. The number of aliphatic hydroxyl groups excluding tert-OH is 1. The number of nitrogens with zero attached hydrogens (tertiary/aromatic N) is 4. The van der Waals surface area contributed by atoms with Gasteiger partial charge < -0.3 is 19.6 Å². The fraction of sp³-hybridized carbons (Fsp3) is 0.733. The van der Waals surface area contributed by atoms with Crippen molar-refractivity contribution in [3.05, 3.63) is 16.2 Å². The molecule has 0 amide bonds. The van der Waals surface area contributed by atoms with E-state index in [1.807, 2.05) is 0 Å². The normalized spacial score (nSPS) is 23.9. The number of alkyl halides is 3. The smallest absolute Gasteiger partial charge is 0.395 e. The van der Waals surface area contributed by atoms with Crippen LogP contribution in [0.4, 0.5) is 29.3 Å². The molecule has 3 heterocycles. The zero-order valence-electron chi connectivity index (χ0n) is 14.2. The predicted octanol–water partition coefficient (Wildman–Crippen LogP) is 0.741. The Hall–Kier alpha value is -1.88. The zero-order valence-corrected chi connectivity index (χ0v) is 14.2. The van der Waals surface area contributed by atoms with E-state index in [0.29, 0.717) is 13.2 Å². The molecule has 0 aliphatic carbocycles. The van der Waals surface area contributed by atoms with E-state index in [0.717, 1.165) is 9.47 Å². The van der Waals surface area contributed by atoms with Gasteiger partial charge in [-0.3, -0.25) is 9.36 Å². The Morgan fingerprint density at radius 2 is 2.08 bits per heavy atom. The van der Waals surface area contributed by atoms with E-state index in [-0.39, 0.29) is 37.4 Å². The van der Waals surface area contributed by atoms with Crippen LogP contribution in [-0.2, 0) is 11.3 Å². The van der Waals surface area contributed by atoms with Gasteiger partial charge in [0.15, 0.2) is 5.82 Å². The second-order valence-corrected chi connectivity index (χ2v) is 6.39. The summed E-state index contributed by atoms with van der Waals surface area (Å²) in [6.07, 6.45) is -4.97. The predicted molar refractivity (Wildman–Crippen MR) is 85.0 cm³/mol. The lowest BCUT2D eigenvalue weighted by atomic mass is 10.1. The van der Waals surface area contributed by atoms with E-state index < -0.39 is 36.6 Å². The van der Waals surface area contributed by atoms with Crippen molar-refractivity contribution in [1.29, 1.82) is 0 Å². The Kier molecular flexibility index (Phi) is 5.11. The summed E-state index contributed by atoms with van der Waals surface area (Å²) in [5.74, 6) is -1.63. The van der Waals surface area contributed by atoms with Gasteiger partial charge in [0.1, 0.15) is 6.04 Å². The lowest BCUT2D eigenvalue weighted by Crippen LogP contribution is -2.54. The van der Waals surface area contributed by atoms with Gasteiger partial charge in [0.05, 0.1) is 25.9 Å². The standard InChI is InChI=1S/C15H20F4N4O3/c1-9-8-26-7-5-21(9)12-11(16)13(25)23-3-2-10(15(17,18)19)22(4-6-24)14(23)20-12/h9-10,24H,2-8H2,1H3/t9-,10+/m1/s1. The van der Waals surface area contributed by atoms with Crippen molar-refractivity contribution in [2.75, 3.05) is 42.7 Å². The lowest BCUT2D eigenvalue weighted by Gasteiger charge is -2.40. The number of aliphatic hydroxyl groups is 1. The van der Waals surface area contributed by atoms with E-state index >= 15 is 0 Å². The van der Waals surface area contributed by atoms with Gasteiger partial charge in [0.25, 0.3) is 5.56 Å². The topological polar surface area (TPSA) is 70.8 Å². The minimum Gasteiger partial charge on any atom is -0.395 e. The van der Waals surface area contributed by atoms with Crippen LogP contribution < -0.4 is 15.4 Å². The molecule has 0 radical (unpaired) electrons. The zero-order chi connectivity index (χ0) is 19.1. The molecule has 2 aliphatic rings. The Balaban J connectivity index is 2.11. The van der Waals surface area contributed by atoms with Gasteiger partial charge in [-0.15, -0.1) is 0 Å². The Labute approximate surface area is 146 Å². The first-order valence-electron chi connectivity index (χ1n) is 8.34. The van der Waals surface area contributed by atoms with Crippen LogP contribution >= 0.6 is 0 Å². The summed E-state index contributed by atoms with van der Waals surface area (Å²) >= 11 is 0. The van der Waals surface area contributed by atoms with Crippen molar-refractivity contribution in [1.82, 2.24) is 9.55 Å². The number of halogens is 4. The maximum atomic E-state index is 14.6. The van der Waals surface area contributed by atoms with Gasteiger partial charge in [0.2, 0.25) is 11.8 Å². The van der Waals surface area contributed by atoms with Crippen LogP contribution in [0, 0.1) is 5.82 Å². The molecular weight excluding hydrogens is 360 g/mol. The van der Waals surface area contributed by atoms with Gasteiger partial charge in [0, 0.05) is 19.6 Å². The van der Waals surface area contributed by atoms with E-state index in [1.54, 1.807) is 6.92 Å². The molecule has 2 atom stereocenters. The van der Waals surface area contributed by atoms with Crippen LogP contribution in [0.3, 0.4) is 0 Å². The van der Waals surface area contributed by atoms with Crippen LogP contribution in [-0.4, -0.2) is 65.8 Å². The minimum atomic E-state index is -4.56. The monoisotopic (exact) mass is 380 g/mol. The molecular formula is C15H20F4N4O3. The molecule has 0 saturated carbocycles. The summed E-state index contributed by atoms with van der Waals surface area (Å²) in [7, 11) is 0. The van der Waals surface area contributed by atoms with Crippen LogP contribution in [0.25, 0.3) is 0 Å². The fourth-order valence-corrected chi connectivity index (χ4v) is 3.41. The third-order valence-electron chi connectivity index (χ3n) is 4.69. The van der Waals surface area contributed by atoms with Crippen LogP contribution in [0.2, 0.25) is 0 Å². The molecule has 1 aromatic heterocycles. The lowest BCUT2D eigenvalue weighted by molar-refractivity contribution is -0.152. The summed E-state index contributed by atoms with van der Waals surface area (Å²) < 4.78 is 60.9. The number of fused-ring (bicyclic) bond motifs is 1. The second-order valence-electron chi connectivity index (χ2n) is 6.39. The van der Waals surface area contributed by atoms with Gasteiger partial charge >= 0.3 is 6.18 Å². The van der Waals surface area contributed by atoms with Crippen molar-refractivity contribution in [2.24, 2.45) is 0 Å². The number of morpholine rings is 1. The maximum absolute atomic E-state index is 14.6. The third-order valence-corrected chi connectivity index (χ3v) is 4.69. The van der Waals surface area contributed by atoms with Crippen LogP contribution in [0.15, 0.2) is 4.79 Å². The SMILES string of the molecule is C[C@@H]1COCCN1c1nc2n(c(=O)c1F)CC[C@@H](C(F)(F)F)N2CCO. The third kappa shape index (κ3) is 3.25. The summed E-state index contributed by atoms with van der Waals surface area (Å²) in [5, 5.41) is 9.19. The molecule has 1 saturated heterocycles. The largest absolute Gasteiger partial charge is 0.408 e. The molecule has 26 heavy (non-hydrogen) atoms. The quantitative estimate of drug-likeness (QED) is 0.781. The van der Waals surface area contributed by atoms with Crippen molar-refractivity contribution < 1.29 is 27.4 Å². The first-order chi connectivity index (χ1) is 12.3. The number of aromatic nitrogens is 2. The molecule has 2 aliphatic heterocycles. The van der Waals surface area contributed by atoms with Gasteiger partial charge in [-0.25, -0.2) is 0 Å². The number of hydrogen-bond acceptors (Lipinski definition) is 6. The maximum Gasteiger partial charge on any atom is 0.408 e. The highest BCUT2D eigenvalue weighted by atomic mass is 19.4. The average Bonchev–Trinajstić information content (AvgIpc) is 2.58. The van der Waals surface area contributed by atoms with Crippen LogP contribution in [0.1, 0.15) is 13.3 Å². The number of anilines is 2. The molecule has 7 nitrogen and oxygen atoms in total. The molecule has 1 fully saturated rings. The molecule has 0 aromatic carbocycles. The van der Waals surface area contributed by atoms with Gasteiger partial charge in [-0.2, -0.15) is 22.5 Å². The number of rotatable bonds is 3. The molecule has 0 bridgehead atoms. The highest BCUT2D eigenvalue weighted by Crippen LogP contribution is 2.34. The van der Waals surface area contributed by atoms with E-state index in [9.17, 15) is 27.5 Å². The molecule has 0 spiro atoms. The first-order valence-corrected chi connectivity index (χ1v) is 8.34. The van der Waals surface area contributed by atoms with Gasteiger partial charge in [-0.1, -0.05) is 0 Å². The molecule has 1 aromatic rings. The number of ether oxygens (including phenoxy) is 1. The molecule has 3 rings (SSSR count). The van der Waals surface area contributed by atoms with Crippen molar-refractivity contribution in [3.63, 3.8) is 0 Å². The summed E-state index contributed by atoms with van der Waals surface area (Å²) in [6, 6.07) is -2.16. The Morgan fingerprint density at radius 1 is 1.35 bits per heavy atom. The van der Waals surface area contributed by atoms with Gasteiger partial charge in [-0.05, 0) is 13.3 Å². The fourth-order valence-electron chi connectivity index (χ4n) is 3.41.